The number of alkyl halides is 3. The Morgan fingerprint density at radius 2 is 2.00 bits per heavy atom. The van der Waals surface area contributed by atoms with E-state index in [1.165, 1.54) is 12.3 Å². The van der Waals surface area contributed by atoms with Gasteiger partial charge < -0.3 is 0 Å². The molecule has 0 unspecified atom stereocenters. The summed E-state index contributed by atoms with van der Waals surface area (Å²) in [4.78, 5) is 3.90. The van der Waals surface area contributed by atoms with Crippen molar-refractivity contribution in [1.82, 2.24) is 4.98 Å². The van der Waals surface area contributed by atoms with Crippen molar-refractivity contribution in [3.05, 3.63) is 40.7 Å². The van der Waals surface area contributed by atoms with Crippen LogP contribution in [0.5, 0.6) is 0 Å². The Hall–Kier alpha value is -1.29. The highest BCUT2D eigenvalue weighted by atomic mass is 35.5. The van der Waals surface area contributed by atoms with Crippen molar-refractivity contribution in [3.63, 3.8) is 0 Å². The van der Waals surface area contributed by atoms with Gasteiger partial charge >= 0.3 is 6.18 Å². The molecule has 0 aliphatic heterocycles. The van der Waals surface area contributed by atoms with Crippen molar-refractivity contribution < 1.29 is 13.2 Å². The Balaban J connectivity index is 2.91. The van der Waals surface area contributed by atoms with Crippen LogP contribution in [0.15, 0.2) is 24.4 Å². The lowest BCUT2D eigenvalue weighted by atomic mass is 10.00. The number of rotatable bonds is 1. The normalized spacial score (nSPS) is 12.1. The number of pyridine rings is 1. The molecule has 5 heteroatoms. The zero-order chi connectivity index (χ0) is 12.6. The van der Waals surface area contributed by atoms with Crippen molar-refractivity contribution >= 4 is 22.4 Å². The molecule has 2 aromatic rings. The third kappa shape index (κ3) is 2.09. The van der Waals surface area contributed by atoms with Crippen LogP contribution in [-0.4, -0.2) is 4.98 Å². The van der Waals surface area contributed by atoms with E-state index in [0.29, 0.717) is 17.4 Å². The molecule has 0 saturated heterocycles. The van der Waals surface area contributed by atoms with Crippen LogP contribution in [0.3, 0.4) is 0 Å². The van der Waals surface area contributed by atoms with Gasteiger partial charge in [-0.25, -0.2) is 4.98 Å². The number of hydrogen-bond acceptors (Lipinski definition) is 1. The van der Waals surface area contributed by atoms with Gasteiger partial charge in [-0.15, -0.1) is 0 Å². The highest BCUT2D eigenvalue weighted by Crippen LogP contribution is 2.37. The molecule has 0 aliphatic carbocycles. The molecule has 1 nitrogen and oxygen atoms in total. The molecule has 0 radical (unpaired) electrons. The van der Waals surface area contributed by atoms with E-state index in [4.69, 9.17) is 11.6 Å². The van der Waals surface area contributed by atoms with Gasteiger partial charge in [0.1, 0.15) is 5.15 Å². The summed E-state index contributed by atoms with van der Waals surface area (Å²) in [6.45, 7) is 1.79. The minimum Gasteiger partial charge on any atom is -0.244 e. The highest BCUT2D eigenvalue weighted by Gasteiger charge is 2.33. The number of aromatic nitrogens is 1. The van der Waals surface area contributed by atoms with Gasteiger partial charge in [0.2, 0.25) is 0 Å². The molecule has 0 spiro atoms. The standard InChI is InChI=1S/C12H9ClF3N/c1-2-7-6-17-11(13)8-4-3-5-9(10(7)8)12(14,15)16/h3-6H,2H2,1H3. The summed E-state index contributed by atoms with van der Waals surface area (Å²) in [7, 11) is 0. The predicted molar refractivity (Wildman–Crippen MR) is 61.1 cm³/mol. The lowest BCUT2D eigenvalue weighted by molar-refractivity contribution is -0.136. The molecule has 0 atom stereocenters. The summed E-state index contributed by atoms with van der Waals surface area (Å²) in [6.07, 6.45) is -2.50. The van der Waals surface area contributed by atoms with Crippen LogP contribution in [0.2, 0.25) is 5.15 Å². The third-order valence-corrected chi connectivity index (χ3v) is 2.93. The summed E-state index contributed by atoms with van der Waals surface area (Å²) >= 11 is 5.83. The van der Waals surface area contributed by atoms with Gasteiger partial charge in [-0.1, -0.05) is 30.7 Å². The smallest absolute Gasteiger partial charge is 0.244 e. The molecular formula is C12H9ClF3N. The van der Waals surface area contributed by atoms with E-state index in [1.807, 2.05) is 0 Å². The van der Waals surface area contributed by atoms with Gasteiger partial charge in [-0.2, -0.15) is 13.2 Å². The number of fused-ring (bicyclic) bond motifs is 1. The Morgan fingerprint density at radius 1 is 1.29 bits per heavy atom. The van der Waals surface area contributed by atoms with Crippen LogP contribution in [0.4, 0.5) is 13.2 Å². The quantitative estimate of drug-likeness (QED) is 0.689. The number of halogens is 4. The molecule has 1 aromatic heterocycles. The maximum absolute atomic E-state index is 12.9. The summed E-state index contributed by atoms with van der Waals surface area (Å²) < 4.78 is 38.7. The number of benzene rings is 1. The van der Waals surface area contributed by atoms with Crippen LogP contribution in [-0.2, 0) is 12.6 Å². The van der Waals surface area contributed by atoms with Crippen LogP contribution < -0.4 is 0 Å². The van der Waals surface area contributed by atoms with E-state index in [9.17, 15) is 13.2 Å². The first-order valence-electron chi connectivity index (χ1n) is 5.08. The van der Waals surface area contributed by atoms with Crippen molar-refractivity contribution in [3.8, 4) is 0 Å². The minimum atomic E-state index is -4.38. The number of nitrogens with zero attached hydrogens (tertiary/aromatic N) is 1. The molecule has 0 bridgehead atoms. The van der Waals surface area contributed by atoms with E-state index in [-0.39, 0.29) is 10.5 Å². The van der Waals surface area contributed by atoms with Crippen LogP contribution in [0.1, 0.15) is 18.1 Å². The van der Waals surface area contributed by atoms with E-state index in [1.54, 1.807) is 13.0 Å². The van der Waals surface area contributed by atoms with Gasteiger partial charge in [-0.3, -0.25) is 0 Å². The first-order chi connectivity index (χ1) is 7.95. The van der Waals surface area contributed by atoms with Crippen molar-refractivity contribution in [2.24, 2.45) is 0 Å². The molecular weight excluding hydrogens is 251 g/mol. The van der Waals surface area contributed by atoms with Crippen molar-refractivity contribution in [1.29, 1.82) is 0 Å². The fourth-order valence-corrected chi connectivity index (χ4v) is 2.05. The largest absolute Gasteiger partial charge is 0.417 e. The summed E-state index contributed by atoms with van der Waals surface area (Å²) in [5.74, 6) is 0. The molecule has 0 N–H and O–H groups in total. The highest BCUT2D eigenvalue weighted by molar-refractivity contribution is 6.34. The topological polar surface area (TPSA) is 12.9 Å². The molecule has 0 amide bonds. The van der Waals surface area contributed by atoms with Crippen molar-refractivity contribution in [2.45, 2.75) is 19.5 Å². The number of aryl methyl sites for hydroxylation is 1. The van der Waals surface area contributed by atoms with Gasteiger partial charge in [-0.05, 0) is 18.1 Å². The van der Waals surface area contributed by atoms with E-state index >= 15 is 0 Å². The fourth-order valence-electron chi connectivity index (χ4n) is 1.84. The molecule has 0 aliphatic rings. The third-order valence-electron chi connectivity index (χ3n) is 2.63. The molecule has 0 fully saturated rings. The predicted octanol–water partition coefficient (Wildman–Crippen LogP) is 4.47. The zero-order valence-corrected chi connectivity index (χ0v) is 9.73. The second-order valence-electron chi connectivity index (χ2n) is 3.65. The van der Waals surface area contributed by atoms with Gasteiger partial charge in [0, 0.05) is 17.0 Å². The van der Waals surface area contributed by atoms with Gasteiger partial charge in [0.25, 0.3) is 0 Å². The minimum absolute atomic E-state index is 0.100. The molecule has 90 valence electrons. The molecule has 17 heavy (non-hydrogen) atoms. The Labute approximate surface area is 101 Å². The average molecular weight is 260 g/mol. The molecule has 2 rings (SSSR count). The van der Waals surface area contributed by atoms with Gasteiger partial charge in [0.15, 0.2) is 0 Å². The summed E-state index contributed by atoms with van der Waals surface area (Å²) in [6, 6.07) is 3.97. The van der Waals surface area contributed by atoms with Crippen LogP contribution in [0, 0.1) is 0 Å². The van der Waals surface area contributed by atoms with E-state index < -0.39 is 11.7 Å². The van der Waals surface area contributed by atoms with Crippen molar-refractivity contribution in [2.75, 3.05) is 0 Å². The lowest BCUT2D eigenvalue weighted by Gasteiger charge is -2.13. The maximum Gasteiger partial charge on any atom is 0.417 e. The van der Waals surface area contributed by atoms with Crippen LogP contribution >= 0.6 is 11.6 Å². The molecule has 0 saturated carbocycles. The second-order valence-corrected chi connectivity index (χ2v) is 4.01. The first kappa shape index (κ1) is 12.2. The summed E-state index contributed by atoms with van der Waals surface area (Å²) in [5.41, 5.74) is -0.103. The lowest BCUT2D eigenvalue weighted by Crippen LogP contribution is -2.07. The zero-order valence-electron chi connectivity index (χ0n) is 8.98. The Bertz CT molecular complexity index is 563. The molecule has 1 heterocycles. The SMILES string of the molecule is CCc1cnc(Cl)c2cccc(C(F)(F)F)c12. The maximum atomic E-state index is 12.9. The monoisotopic (exact) mass is 259 g/mol. The Morgan fingerprint density at radius 3 is 2.59 bits per heavy atom. The Kier molecular flexibility index (Phi) is 3.00. The fraction of sp³-hybridized carbons (Fsp3) is 0.250. The van der Waals surface area contributed by atoms with E-state index in [2.05, 4.69) is 4.98 Å². The average Bonchev–Trinajstić information content (AvgIpc) is 2.28. The second kappa shape index (κ2) is 4.18. The van der Waals surface area contributed by atoms with Crippen LogP contribution in [0.25, 0.3) is 10.8 Å². The first-order valence-corrected chi connectivity index (χ1v) is 5.46. The van der Waals surface area contributed by atoms with Gasteiger partial charge in [0.05, 0.1) is 5.56 Å². The molecule has 1 aromatic carbocycles. The summed E-state index contributed by atoms with van der Waals surface area (Å²) in [5, 5.41) is 0.603. The number of hydrogen-bond donors (Lipinski definition) is 0. The van der Waals surface area contributed by atoms with E-state index in [0.717, 1.165) is 6.07 Å².